The first-order chi connectivity index (χ1) is 12.4. The Bertz CT molecular complexity index is 847. The summed E-state index contributed by atoms with van der Waals surface area (Å²) in [6.45, 7) is -0.795. The highest BCUT2D eigenvalue weighted by atomic mass is 32.2. The van der Waals surface area contributed by atoms with Crippen LogP contribution in [-0.4, -0.2) is 55.5 Å². The Kier molecular flexibility index (Phi) is 6.02. The molecule has 0 saturated carbocycles. The molecular formula is C13H14BF3N2O7S. The summed E-state index contributed by atoms with van der Waals surface area (Å²) < 4.78 is 64.5. The van der Waals surface area contributed by atoms with Crippen molar-refractivity contribution >= 4 is 29.0 Å². The largest absolute Gasteiger partial charge is 0.547 e. The van der Waals surface area contributed by atoms with Gasteiger partial charge < -0.3 is 20.1 Å². The van der Waals surface area contributed by atoms with Crippen LogP contribution in [0.25, 0.3) is 0 Å². The maximum Gasteiger partial charge on any atom is 0.547 e. The Balaban J connectivity index is 1.96. The molecule has 27 heavy (non-hydrogen) atoms. The van der Waals surface area contributed by atoms with Crippen LogP contribution in [0.15, 0.2) is 18.2 Å². The lowest BCUT2D eigenvalue weighted by atomic mass is 9.72. The number of halogens is 3. The number of hydrogen-bond acceptors (Lipinski definition) is 6. The van der Waals surface area contributed by atoms with Crippen molar-refractivity contribution in [3.8, 4) is 5.75 Å². The number of sulfonamides is 1. The van der Waals surface area contributed by atoms with Crippen molar-refractivity contribution in [1.82, 2.24) is 10.0 Å². The third-order valence-electron chi connectivity index (χ3n) is 3.64. The number of carbonyl (C=O) groups is 2. The third-order valence-corrected chi connectivity index (χ3v) is 4.84. The Morgan fingerprint density at radius 1 is 1.33 bits per heavy atom. The van der Waals surface area contributed by atoms with Gasteiger partial charge in [-0.05, 0) is 18.1 Å². The fraction of sp³-hybridized carbons (Fsp3) is 0.385. The predicted molar refractivity (Wildman–Crippen MR) is 85.2 cm³/mol. The van der Waals surface area contributed by atoms with Gasteiger partial charge in [0.1, 0.15) is 5.75 Å². The number of rotatable bonds is 6. The number of carboxylic acid groups (broad SMARTS) is 1. The van der Waals surface area contributed by atoms with Gasteiger partial charge in [0, 0.05) is 13.0 Å². The third kappa shape index (κ3) is 4.90. The number of carbonyl (C=O) groups excluding carboxylic acids is 1. The number of amides is 1. The first-order valence-corrected chi connectivity index (χ1v) is 8.96. The first-order valence-electron chi connectivity index (χ1n) is 7.47. The van der Waals surface area contributed by atoms with Crippen LogP contribution in [0.5, 0.6) is 5.75 Å². The van der Waals surface area contributed by atoms with Crippen LogP contribution in [0.2, 0.25) is 0 Å². The summed E-state index contributed by atoms with van der Waals surface area (Å²) in [7, 11) is -7.14. The zero-order chi connectivity index (χ0) is 20.4. The Labute approximate surface area is 151 Å². The lowest BCUT2D eigenvalue weighted by Gasteiger charge is -2.28. The predicted octanol–water partition coefficient (Wildman–Crippen LogP) is -0.347. The topological polar surface area (TPSA) is 142 Å². The Morgan fingerprint density at radius 2 is 2.00 bits per heavy atom. The molecule has 0 radical (unpaired) electrons. The van der Waals surface area contributed by atoms with E-state index in [0.29, 0.717) is 5.56 Å². The van der Waals surface area contributed by atoms with E-state index < -0.39 is 53.4 Å². The summed E-state index contributed by atoms with van der Waals surface area (Å²) in [6, 6.07) is 4.26. The molecule has 0 aliphatic carbocycles. The van der Waals surface area contributed by atoms with Crippen LogP contribution in [-0.2, 0) is 21.2 Å². The minimum atomic E-state index is -5.55. The Hall–Kier alpha value is -2.32. The number of carboxylic acids is 1. The van der Waals surface area contributed by atoms with E-state index in [1.165, 1.54) is 22.9 Å². The van der Waals surface area contributed by atoms with Crippen LogP contribution < -0.4 is 14.7 Å². The molecule has 9 nitrogen and oxygen atoms in total. The molecule has 0 bridgehead atoms. The van der Waals surface area contributed by atoms with Crippen LogP contribution in [0.4, 0.5) is 13.2 Å². The molecule has 0 aromatic heterocycles. The highest BCUT2D eigenvalue weighted by Gasteiger charge is 2.45. The molecule has 4 N–H and O–H groups in total. The van der Waals surface area contributed by atoms with E-state index in [9.17, 15) is 36.2 Å². The average molecular weight is 410 g/mol. The molecule has 1 amide bonds. The van der Waals surface area contributed by atoms with E-state index >= 15 is 0 Å². The molecule has 1 atom stereocenters. The monoisotopic (exact) mass is 410 g/mol. The second-order valence-corrected chi connectivity index (χ2v) is 7.34. The fourth-order valence-electron chi connectivity index (χ4n) is 2.38. The maximum atomic E-state index is 12.2. The Morgan fingerprint density at radius 3 is 2.59 bits per heavy atom. The van der Waals surface area contributed by atoms with Crippen molar-refractivity contribution in [2.24, 2.45) is 0 Å². The molecule has 0 saturated heterocycles. The normalized spacial score (nSPS) is 17.0. The van der Waals surface area contributed by atoms with Crippen molar-refractivity contribution in [2.75, 3.05) is 6.54 Å². The number of aromatic carboxylic acids is 1. The quantitative estimate of drug-likeness (QED) is 0.470. The van der Waals surface area contributed by atoms with Gasteiger partial charge in [0.15, 0.2) is 0 Å². The minimum absolute atomic E-state index is 0.0115. The number of nitrogens with one attached hydrogen (secondary N) is 2. The lowest BCUT2D eigenvalue weighted by molar-refractivity contribution is -0.121. The minimum Gasteiger partial charge on any atom is -0.534 e. The van der Waals surface area contributed by atoms with Gasteiger partial charge in [-0.3, -0.25) is 4.79 Å². The summed E-state index contributed by atoms with van der Waals surface area (Å²) in [4.78, 5) is 22.9. The molecule has 2 rings (SSSR count). The molecule has 1 unspecified atom stereocenters. The van der Waals surface area contributed by atoms with Crippen LogP contribution in [0.3, 0.4) is 0 Å². The van der Waals surface area contributed by atoms with Gasteiger partial charge in [-0.2, -0.15) is 13.2 Å². The van der Waals surface area contributed by atoms with Crippen LogP contribution in [0.1, 0.15) is 22.3 Å². The van der Waals surface area contributed by atoms with Crippen molar-refractivity contribution in [1.29, 1.82) is 0 Å². The number of para-hydroxylation sites is 1. The van der Waals surface area contributed by atoms with Crippen molar-refractivity contribution < 1.29 is 46.0 Å². The van der Waals surface area contributed by atoms with Crippen molar-refractivity contribution in [3.05, 3.63) is 29.3 Å². The molecule has 1 aromatic rings. The summed E-state index contributed by atoms with van der Waals surface area (Å²) in [5.41, 5.74) is -5.25. The van der Waals surface area contributed by atoms with Crippen LogP contribution >= 0.6 is 0 Å². The van der Waals surface area contributed by atoms with E-state index in [1.807, 2.05) is 0 Å². The first kappa shape index (κ1) is 21.0. The summed E-state index contributed by atoms with van der Waals surface area (Å²) in [5, 5.41) is 21.3. The van der Waals surface area contributed by atoms with Crippen molar-refractivity contribution in [2.45, 2.75) is 24.3 Å². The number of benzene rings is 1. The summed E-state index contributed by atoms with van der Waals surface area (Å²) in [6.07, 6.45) is -0.599. The van der Waals surface area contributed by atoms with E-state index in [4.69, 9.17) is 9.76 Å². The van der Waals surface area contributed by atoms with Gasteiger partial charge in [-0.15, -0.1) is 0 Å². The second-order valence-electron chi connectivity index (χ2n) is 5.58. The molecule has 1 aliphatic heterocycles. The van der Waals surface area contributed by atoms with Crippen molar-refractivity contribution in [3.63, 3.8) is 0 Å². The molecule has 0 fully saturated rings. The number of alkyl halides is 3. The standard InChI is InChI=1S/C13H14BF3N2O7S/c15-13(16,17)27(24,25)18-5-4-10(20)19-9-6-7-2-1-3-8(12(21)22)11(7)26-14(9)23/h1-3,9,18,23H,4-6H2,(H,19,20)(H,21,22). The molecule has 148 valence electrons. The lowest BCUT2D eigenvalue weighted by Crippen LogP contribution is -2.53. The molecule has 1 heterocycles. The summed E-state index contributed by atoms with van der Waals surface area (Å²) in [5.74, 6) is -3.13. The molecular weight excluding hydrogens is 396 g/mol. The van der Waals surface area contributed by atoms with Crippen LogP contribution in [0, 0.1) is 0 Å². The average Bonchev–Trinajstić information content (AvgIpc) is 2.53. The van der Waals surface area contributed by atoms with E-state index in [-0.39, 0.29) is 17.7 Å². The molecule has 0 spiro atoms. The molecule has 1 aliphatic rings. The fourth-order valence-corrected chi connectivity index (χ4v) is 2.91. The molecule has 14 heteroatoms. The van der Waals surface area contributed by atoms with Gasteiger partial charge in [-0.25, -0.2) is 17.9 Å². The molecule has 1 aromatic carbocycles. The van der Waals surface area contributed by atoms with E-state index in [2.05, 4.69) is 5.32 Å². The van der Waals surface area contributed by atoms with Gasteiger partial charge in [-0.1, -0.05) is 12.1 Å². The zero-order valence-electron chi connectivity index (χ0n) is 13.5. The maximum absolute atomic E-state index is 12.2. The van der Waals surface area contributed by atoms with E-state index in [1.54, 1.807) is 0 Å². The highest BCUT2D eigenvalue weighted by Crippen LogP contribution is 2.30. The van der Waals surface area contributed by atoms with Gasteiger partial charge in [0.25, 0.3) is 0 Å². The van der Waals surface area contributed by atoms with E-state index in [0.717, 1.165) is 0 Å². The SMILES string of the molecule is O=C(CCNS(=O)(=O)C(F)(F)F)NC1Cc2cccc(C(=O)O)c2OB1O. The number of fused-ring (bicyclic) bond motifs is 1. The zero-order valence-corrected chi connectivity index (χ0v) is 14.3. The van der Waals surface area contributed by atoms with Gasteiger partial charge in [0.2, 0.25) is 5.91 Å². The summed E-state index contributed by atoms with van der Waals surface area (Å²) >= 11 is 0. The van der Waals surface area contributed by atoms with Gasteiger partial charge in [0.05, 0.1) is 11.5 Å². The van der Waals surface area contributed by atoms with Gasteiger partial charge >= 0.3 is 28.6 Å². The highest BCUT2D eigenvalue weighted by molar-refractivity contribution is 7.90. The second kappa shape index (κ2) is 7.74. The number of hydrogen-bond donors (Lipinski definition) is 4. The smallest absolute Gasteiger partial charge is 0.534 e.